The monoisotopic (exact) mass is 246 g/mol. The molecule has 1 amide bonds. The van der Waals surface area contributed by atoms with Crippen molar-refractivity contribution in [1.29, 1.82) is 0 Å². The van der Waals surface area contributed by atoms with Gasteiger partial charge in [-0.15, -0.1) is 0 Å². The number of hydrogen-bond donors (Lipinski definition) is 3. The van der Waals surface area contributed by atoms with Crippen LogP contribution >= 0.6 is 0 Å². The molecule has 0 saturated carbocycles. The first-order chi connectivity index (χ1) is 8.54. The average Bonchev–Trinajstić information content (AvgIpc) is 2.31. The molecule has 0 aliphatic heterocycles. The van der Waals surface area contributed by atoms with E-state index in [2.05, 4.69) is 10.3 Å². The number of carbonyl (C=O) groups excluding carboxylic acids is 1. The van der Waals surface area contributed by atoms with E-state index >= 15 is 0 Å². The molecule has 6 heteroatoms. The molecule has 2 aromatic rings. The summed E-state index contributed by atoms with van der Waals surface area (Å²) in [6, 6.07) is 7.11. The zero-order valence-electron chi connectivity index (χ0n) is 9.35. The van der Waals surface area contributed by atoms with Gasteiger partial charge in [0.25, 0.3) is 5.91 Å². The average molecular weight is 246 g/mol. The number of anilines is 3. The van der Waals surface area contributed by atoms with Crippen molar-refractivity contribution in [3.63, 3.8) is 0 Å². The van der Waals surface area contributed by atoms with E-state index in [9.17, 15) is 9.18 Å². The van der Waals surface area contributed by atoms with Crippen molar-refractivity contribution in [3.8, 4) is 0 Å². The highest BCUT2D eigenvalue weighted by atomic mass is 19.1. The molecule has 0 unspecified atom stereocenters. The number of halogens is 1. The first-order valence-electron chi connectivity index (χ1n) is 5.13. The number of nitrogens with one attached hydrogen (secondary N) is 1. The lowest BCUT2D eigenvalue weighted by atomic mass is 10.1. The number of rotatable bonds is 2. The van der Waals surface area contributed by atoms with Gasteiger partial charge in [-0.25, -0.2) is 9.37 Å². The third kappa shape index (κ3) is 2.73. The highest BCUT2D eigenvalue weighted by molar-refractivity contribution is 6.04. The Labute approximate surface area is 103 Å². The maximum atomic E-state index is 12.6. The molecule has 1 heterocycles. The fraction of sp³-hybridized carbons (Fsp3) is 0. The van der Waals surface area contributed by atoms with Gasteiger partial charge in [0, 0.05) is 16.9 Å². The van der Waals surface area contributed by atoms with Crippen LogP contribution in [0.1, 0.15) is 10.4 Å². The van der Waals surface area contributed by atoms with Crippen molar-refractivity contribution < 1.29 is 9.18 Å². The second-order valence-electron chi connectivity index (χ2n) is 3.70. The maximum absolute atomic E-state index is 12.6. The summed E-state index contributed by atoms with van der Waals surface area (Å²) in [6.07, 6.45) is 1.02. The molecule has 0 radical (unpaired) electrons. The molecule has 18 heavy (non-hydrogen) atoms. The number of benzene rings is 1. The van der Waals surface area contributed by atoms with Crippen LogP contribution in [0.4, 0.5) is 21.6 Å². The summed E-state index contributed by atoms with van der Waals surface area (Å²) in [5.74, 6) is -0.628. The van der Waals surface area contributed by atoms with Gasteiger partial charge >= 0.3 is 0 Å². The van der Waals surface area contributed by atoms with E-state index in [1.54, 1.807) is 6.07 Å². The minimum absolute atomic E-state index is 0.252. The quantitative estimate of drug-likeness (QED) is 0.702. The zero-order chi connectivity index (χ0) is 13.1. The van der Waals surface area contributed by atoms with Crippen LogP contribution in [-0.2, 0) is 0 Å². The van der Waals surface area contributed by atoms with Gasteiger partial charge in [-0.1, -0.05) is 0 Å². The lowest BCUT2D eigenvalue weighted by Crippen LogP contribution is -2.13. The van der Waals surface area contributed by atoms with Crippen molar-refractivity contribution >= 4 is 23.1 Å². The Morgan fingerprint density at radius 2 is 1.83 bits per heavy atom. The van der Waals surface area contributed by atoms with E-state index in [0.29, 0.717) is 16.9 Å². The van der Waals surface area contributed by atoms with Crippen molar-refractivity contribution in [2.24, 2.45) is 0 Å². The molecule has 0 atom stereocenters. The van der Waals surface area contributed by atoms with Crippen molar-refractivity contribution in [1.82, 2.24) is 4.98 Å². The first-order valence-corrected chi connectivity index (χ1v) is 5.13. The minimum Gasteiger partial charge on any atom is -0.399 e. The Kier molecular flexibility index (Phi) is 3.09. The van der Waals surface area contributed by atoms with Gasteiger partial charge in [-0.2, -0.15) is 0 Å². The Bertz CT molecular complexity index is 563. The number of pyridine rings is 1. The number of amides is 1. The lowest BCUT2D eigenvalue weighted by molar-refractivity contribution is 0.102. The van der Waals surface area contributed by atoms with Gasteiger partial charge in [0.1, 0.15) is 11.6 Å². The summed E-state index contributed by atoms with van der Waals surface area (Å²) in [4.78, 5) is 15.6. The normalized spacial score (nSPS) is 10.1. The highest BCUT2D eigenvalue weighted by Gasteiger charge is 2.08. The van der Waals surface area contributed by atoms with Gasteiger partial charge < -0.3 is 16.8 Å². The number of carbonyl (C=O) groups is 1. The Hall–Kier alpha value is -2.63. The number of hydrogen-bond acceptors (Lipinski definition) is 4. The highest BCUT2D eigenvalue weighted by Crippen LogP contribution is 2.15. The Balaban J connectivity index is 2.19. The number of nitrogens with zero attached hydrogens (tertiary/aromatic N) is 1. The van der Waals surface area contributed by atoms with Gasteiger partial charge in [-0.05, 0) is 30.3 Å². The molecule has 0 spiro atoms. The zero-order valence-corrected chi connectivity index (χ0v) is 9.35. The molecule has 2 rings (SSSR count). The summed E-state index contributed by atoms with van der Waals surface area (Å²) in [5.41, 5.74) is 12.3. The van der Waals surface area contributed by atoms with Crippen LogP contribution in [0.5, 0.6) is 0 Å². The Morgan fingerprint density at radius 1 is 1.17 bits per heavy atom. The third-order valence-electron chi connectivity index (χ3n) is 2.21. The third-order valence-corrected chi connectivity index (χ3v) is 2.21. The molecule has 0 saturated heterocycles. The SMILES string of the molecule is Nc1cc(N)cc(C(=O)Nc2ccc(F)cn2)c1. The predicted molar refractivity (Wildman–Crippen MR) is 67.4 cm³/mol. The molecule has 0 aliphatic carbocycles. The standard InChI is InChI=1S/C12H11FN4O/c13-8-1-2-11(16-6-8)17-12(18)7-3-9(14)5-10(15)4-7/h1-6H,14-15H2,(H,16,17,18). The summed E-state index contributed by atoms with van der Waals surface area (Å²) in [5, 5.41) is 2.51. The van der Waals surface area contributed by atoms with Gasteiger partial charge in [-0.3, -0.25) is 4.79 Å². The fourth-order valence-electron chi connectivity index (χ4n) is 1.45. The predicted octanol–water partition coefficient (Wildman–Crippen LogP) is 1.64. The van der Waals surface area contributed by atoms with Crippen molar-refractivity contribution in [3.05, 3.63) is 47.9 Å². The molecule has 0 aliphatic rings. The molecule has 1 aromatic heterocycles. The van der Waals surface area contributed by atoms with Gasteiger partial charge in [0.05, 0.1) is 6.20 Å². The van der Waals surface area contributed by atoms with Crippen LogP contribution in [0.25, 0.3) is 0 Å². The molecule has 0 fully saturated rings. The largest absolute Gasteiger partial charge is 0.399 e. The van der Waals surface area contributed by atoms with Crippen LogP contribution < -0.4 is 16.8 Å². The van der Waals surface area contributed by atoms with Crippen LogP contribution in [-0.4, -0.2) is 10.9 Å². The van der Waals surface area contributed by atoms with E-state index in [1.807, 2.05) is 0 Å². The second kappa shape index (κ2) is 4.70. The number of nitrogens with two attached hydrogens (primary N) is 2. The topological polar surface area (TPSA) is 94.0 Å². The van der Waals surface area contributed by atoms with E-state index < -0.39 is 11.7 Å². The van der Waals surface area contributed by atoms with Crippen LogP contribution in [0.2, 0.25) is 0 Å². The van der Waals surface area contributed by atoms with E-state index in [0.717, 1.165) is 6.20 Å². The van der Waals surface area contributed by atoms with Crippen LogP contribution in [0, 0.1) is 5.82 Å². The van der Waals surface area contributed by atoms with Crippen LogP contribution in [0.3, 0.4) is 0 Å². The molecule has 0 bridgehead atoms. The van der Waals surface area contributed by atoms with Crippen molar-refractivity contribution in [2.75, 3.05) is 16.8 Å². The molecule has 5 nitrogen and oxygen atoms in total. The van der Waals surface area contributed by atoms with Crippen molar-refractivity contribution in [2.45, 2.75) is 0 Å². The first kappa shape index (κ1) is 11.8. The molecule has 5 N–H and O–H groups in total. The van der Waals surface area contributed by atoms with E-state index in [4.69, 9.17) is 11.5 Å². The fourth-order valence-corrected chi connectivity index (χ4v) is 1.45. The summed E-state index contributed by atoms with van der Waals surface area (Å²) in [6.45, 7) is 0. The lowest BCUT2D eigenvalue weighted by Gasteiger charge is -2.06. The number of nitrogen functional groups attached to an aromatic ring is 2. The summed E-state index contributed by atoms with van der Waals surface area (Å²) in [7, 11) is 0. The Morgan fingerprint density at radius 3 is 2.39 bits per heavy atom. The molecule has 1 aromatic carbocycles. The molecule has 92 valence electrons. The van der Waals surface area contributed by atoms with Crippen LogP contribution in [0.15, 0.2) is 36.5 Å². The summed E-state index contributed by atoms with van der Waals surface area (Å²) < 4.78 is 12.6. The van der Waals surface area contributed by atoms with E-state index in [-0.39, 0.29) is 5.82 Å². The summed E-state index contributed by atoms with van der Waals surface area (Å²) >= 11 is 0. The van der Waals surface area contributed by atoms with Gasteiger partial charge in [0.2, 0.25) is 0 Å². The minimum atomic E-state index is -0.471. The van der Waals surface area contributed by atoms with E-state index in [1.165, 1.54) is 24.3 Å². The maximum Gasteiger partial charge on any atom is 0.256 e. The molecular formula is C12H11FN4O. The number of aromatic nitrogens is 1. The molecular weight excluding hydrogens is 235 g/mol. The van der Waals surface area contributed by atoms with Gasteiger partial charge in [0.15, 0.2) is 0 Å². The second-order valence-corrected chi connectivity index (χ2v) is 3.70. The smallest absolute Gasteiger partial charge is 0.256 e.